The van der Waals surface area contributed by atoms with Crippen LogP contribution in [-0.4, -0.2) is 61.4 Å². The number of anilines is 1. The molecule has 1 fully saturated rings. The summed E-state index contributed by atoms with van der Waals surface area (Å²) in [7, 11) is -3.75. The molecule has 0 bridgehead atoms. The van der Waals surface area contributed by atoms with Crippen molar-refractivity contribution in [2.75, 3.05) is 37.7 Å². The molecule has 144 valence electrons. The fourth-order valence-electron chi connectivity index (χ4n) is 2.88. The van der Waals surface area contributed by atoms with E-state index in [4.69, 9.17) is 10.5 Å². The van der Waals surface area contributed by atoms with Crippen LogP contribution in [0.25, 0.3) is 0 Å². The van der Waals surface area contributed by atoms with Crippen molar-refractivity contribution in [2.45, 2.75) is 11.8 Å². The first-order chi connectivity index (χ1) is 12.9. The highest BCUT2D eigenvalue weighted by atomic mass is 32.2. The zero-order valence-corrected chi connectivity index (χ0v) is 15.7. The van der Waals surface area contributed by atoms with E-state index in [1.54, 1.807) is 25.4 Å². The van der Waals surface area contributed by atoms with Gasteiger partial charge < -0.3 is 15.4 Å². The van der Waals surface area contributed by atoms with Gasteiger partial charge in [0.25, 0.3) is 5.91 Å². The minimum absolute atomic E-state index is 0.0177. The molecule has 1 aromatic heterocycles. The molecule has 9 nitrogen and oxygen atoms in total. The van der Waals surface area contributed by atoms with Crippen molar-refractivity contribution in [2.24, 2.45) is 5.73 Å². The highest BCUT2D eigenvalue weighted by molar-refractivity contribution is 7.89. The largest absolute Gasteiger partial charge is 0.493 e. The maximum absolute atomic E-state index is 13.0. The van der Waals surface area contributed by atoms with Crippen molar-refractivity contribution in [1.29, 1.82) is 0 Å². The molecule has 27 heavy (non-hydrogen) atoms. The second-order valence-corrected chi connectivity index (χ2v) is 7.83. The number of sulfonamides is 1. The molecule has 0 saturated carbocycles. The van der Waals surface area contributed by atoms with E-state index in [1.165, 1.54) is 22.5 Å². The van der Waals surface area contributed by atoms with Gasteiger partial charge in [-0.3, -0.25) is 4.79 Å². The maximum atomic E-state index is 13.0. The number of benzene rings is 1. The molecule has 0 unspecified atom stereocenters. The van der Waals surface area contributed by atoms with Gasteiger partial charge in [0.05, 0.1) is 17.1 Å². The van der Waals surface area contributed by atoms with Gasteiger partial charge in [0.2, 0.25) is 16.0 Å². The van der Waals surface area contributed by atoms with Crippen molar-refractivity contribution in [3.05, 3.63) is 42.2 Å². The molecule has 2 heterocycles. The van der Waals surface area contributed by atoms with Gasteiger partial charge in [-0.1, -0.05) is 0 Å². The number of primary amides is 1. The van der Waals surface area contributed by atoms with Gasteiger partial charge in [-0.2, -0.15) is 4.31 Å². The van der Waals surface area contributed by atoms with Crippen LogP contribution in [0.5, 0.6) is 5.75 Å². The van der Waals surface area contributed by atoms with E-state index in [-0.39, 0.29) is 16.2 Å². The van der Waals surface area contributed by atoms with Crippen molar-refractivity contribution < 1.29 is 17.9 Å². The van der Waals surface area contributed by atoms with E-state index in [2.05, 4.69) is 9.97 Å². The number of hydrogen-bond acceptors (Lipinski definition) is 7. The predicted octanol–water partition coefficient (Wildman–Crippen LogP) is 0.485. The Morgan fingerprint density at radius 1 is 1.19 bits per heavy atom. The topological polar surface area (TPSA) is 119 Å². The second kappa shape index (κ2) is 7.89. The van der Waals surface area contributed by atoms with E-state index >= 15 is 0 Å². The molecule has 1 aromatic carbocycles. The lowest BCUT2D eigenvalue weighted by molar-refractivity contribution is 0.0996. The Morgan fingerprint density at radius 2 is 1.85 bits per heavy atom. The molecule has 0 aliphatic carbocycles. The molecule has 0 atom stereocenters. The Hall–Kier alpha value is -2.72. The standard InChI is InChI=1S/C17H21N5O4S/c1-2-26-15-5-4-13(12-14(15)16(18)23)27(24,25)22-10-8-21(9-11-22)17-19-6-3-7-20-17/h3-7,12H,2,8-11H2,1H3,(H2,18,23). The highest BCUT2D eigenvalue weighted by Gasteiger charge is 2.30. The van der Waals surface area contributed by atoms with E-state index in [0.29, 0.717) is 38.7 Å². The second-order valence-electron chi connectivity index (χ2n) is 5.90. The smallest absolute Gasteiger partial charge is 0.252 e. The fourth-order valence-corrected chi connectivity index (χ4v) is 4.32. The molecule has 2 aromatic rings. The number of hydrogen-bond donors (Lipinski definition) is 1. The van der Waals surface area contributed by atoms with Gasteiger partial charge in [-0.15, -0.1) is 0 Å². The molecule has 1 saturated heterocycles. The average Bonchev–Trinajstić information content (AvgIpc) is 2.69. The van der Waals surface area contributed by atoms with Crippen LogP contribution >= 0.6 is 0 Å². The summed E-state index contributed by atoms with van der Waals surface area (Å²) >= 11 is 0. The van der Waals surface area contributed by atoms with Crippen molar-refractivity contribution >= 4 is 21.9 Å². The lowest BCUT2D eigenvalue weighted by atomic mass is 10.2. The molecule has 10 heteroatoms. The first-order valence-electron chi connectivity index (χ1n) is 8.52. The van der Waals surface area contributed by atoms with Crippen LogP contribution < -0.4 is 15.4 Å². The normalized spacial score (nSPS) is 15.5. The van der Waals surface area contributed by atoms with Crippen LogP contribution in [0.3, 0.4) is 0 Å². The summed E-state index contributed by atoms with van der Waals surface area (Å²) in [4.78, 5) is 22.0. The number of ether oxygens (including phenoxy) is 1. The first kappa shape index (κ1) is 19.1. The van der Waals surface area contributed by atoms with Gasteiger partial charge in [0, 0.05) is 38.6 Å². The SMILES string of the molecule is CCOc1ccc(S(=O)(=O)N2CCN(c3ncccn3)CC2)cc1C(N)=O. The molecule has 1 amide bonds. The molecule has 3 rings (SSSR count). The van der Waals surface area contributed by atoms with E-state index in [1.807, 2.05) is 4.90 Å². The summed E-state index contributed by atoms with van der Waals surface area (Å²) in [6, 6.07) is 5.89. The number of rotatable bonds is 6. The summed E-state index contributed by atoms with van der Waals surface area (Å²) in [6.07, 6.45) is 3.30. The maximum Gasteiger partial charge on any atom is 0.252 e. The van der Waals surface area contributed by atoms with Crippen molar-refractivity contribution in [3.63, 3.8) is 0 Å². The fraction of sp³-hybridized carbons (Fsp3) is 0.353. The van der Waals surface area contributed by atoms with Gasteiger partial charge in [-0.05, 0) is 31.2 Å². The first-order valence-corrected chi connectivity index (χ1v) is 9.96. The molecular formula is C17H21N5O4S. The molecule has 1 aliphatic rings. The summed E-state index contributed by atoms with van der Waals surface area (Å²) in [5, 5.41) is 0. The average molecular weight is 391 g/mol. The number of carbonyl (C=O) groups is 1. The number of piperazine rings is 1. The van der Waals surface area contributed by atoms with Crippen LogP contribution in [0.15, 0.2) is 41.6 Å². The number of nitrogens with two attached hydrogens (primary N) is 1. The van der Waals surface area contributed by atoms with Gasteiger partial charge in [0.15, 0.2) is 0 Å². The lowest BCUT2D eigenvalue weighted by Gasteiger charge is -2.33. The third-order valence-electron chi connectivity index (χ3n) is 4.23. The van der Waals surface area contributed by atoms with Crippen LogP contribution in [0, 0.1) is 0 Å². The van der Waals surface area contributed by atoms with E-state index in [9.17, 15) is 13.2 Å². The number of carbonyl (C=O) groups excluding carboxylic acids is 1. The number of nitrogens with zero attached hydrogens (tertiary/aromatic N) is 4. The van der Waals surface area contributed by atoms with Gasteiger partial charge >= 0.3 is 0 Å². The third-order valence-corrected chi connectivity index (χ3v) is 6.12. The van der Waals surface area contributed by atoms with Crippen molar-refractivity contribution in [3.8, 4) is 5.75 Å². The molecule has 1 aliphatic heterocycles. The van der Waals surface area contributed by atoms with Crippen LogP contribution in [0.2, 0.25) is 0 Å². The van der Waals surface area contributed by atoms with E-state index in [0.717, 1.165) is 0 Å². The summed E-state index contributed by atoms with van der Waals surface area (Å²) in [5.74, 6) is 0.114. The zero-order chi connectivity index (χ0) is 19.4. The molecule has 2 N–H and O–H groups in total. The zero-order valence-electron chi connectivity index (χ0n) is 14.9. The van der Waals surface area contributed by atoms with Gasteiger partial charge in [-0.25, -0.2) is 18.4 Å². The minimum atomic E-state index is -3.75. The van der Waals surface area contributed by atoms with E-state index < -0.39 is 15.9 Å². The Bertz CT molecular complexity index is 912. The van der Waals surface area contributed by atoms with Crippen LogP contribution in [0.1, 0.15) is 17.3 Å². The molecule has 0 spiro atoms. The lowest BCUT2D eigenvalue weighted by Crippen LogP contribution is -2.49. The quantitative estimate of drug-likeness (QED) is 0.761. The monoisotopic (exact) mass is 391 g/mol. The van der Waals surface area contributed by atoms with Gasteiger partial charge in [0.1, 0.15) is 5.75 Å². The molecular weight excluding hydrogens is 370 g/mol. The summed E-state index contributed by atoms with van der Waals surface area (Å²) < 4.78 is 32.6. The Labute approximate surface area is 157 Å². The molecule has 0 radical (unpaired) electrons. The van der Waals surface area contributed by atoms with Crippen LogP contribution in [-0.2, 0) is 10.0 Å². The summed E-state index contributed by atoms with van der Waals surface area (Å²) in [5.41, 5.74) is 5.42. The number of amides is 1. The highest BCUT2D eigenvalue weighted by Crippen LogP contribution is 2.25. The Morgan fingerprint density at radius 3 is 2.44 bits per heavy atom. The Balaban J connectivity index is 1.79. The minimum Gasteiger partial charge on any atom is -0.493 e. The summed E-state index contributed by atoms with van der Waals surface area (Å²) in [6.45, 7) is 3.65. The Kier molecular flexibility index (Phi) is 5.57. The van der Waals surface area contributed by atoms with Crippen LogP contribution in [0.4, 0.5) is 5.95 Å². The predicted molar refractivity (Wildman–Crippen MR) is 99.1 cm³/mol. The van der Waals surface area contributed by atoms with Crippen molar-refractivity contribution in [1.82, 2.24) is 14.3 Å². The third kappa shape index (κ3) is 4.01. The number of aromatic nitrogens is 2.